The second kappa shape index (κ2) is 5.40. The number of hydrogen-bond donors (Lipinski definition) is 2. The first-order valence-electron chi connectivity index (χ1n) is 6.41. The number of amides is 1. The van der Waals surface area contributed by atoms with Crippen molar-refractivity contribution in [1.29, 1.82) is 0 Å². The Kier molecular flexibility index (Phi) is 3.87. The Morgan fingerprint density at radius 1 is 1.44 bits per heavy atom. The Balaban J connectivity index is 2.19. The van der Waals surface area contributed by atoms with Crippen LogP contribution in [0.25, 0.3) is 0 Å². The highest BCUT2D eigenvalue weighted by molar-refractivity contribution is 5.99. The molecule has 0 aromatic heterocycles. The maximum Gasteiger partial charge on any atom is 0.256 e. The molecule has 98 valence electrons. The third-order valence-corrected chi connectivity index (χ3v) is 3.05. The minimum absolute atomic E-state index is 0.00435. The van der Waals surface area contributed by atoms with E-state index in [1.54, 1.807) is 4.90 Å². The Morgan fingerprint density at radius 3 is 2.78 bits per heavy atom. The lowest BCUT2D eigenvalue weighted by Gasteiger charge is -2.19. The number of likely N-dealkylation sites (tertiary alicyclic amines) is 1. The normalized spacial score (nSPS) is 19.3. The van der Waals surface area contributed by atoms with Gasteiger partial charge in [-0.3, -0.25) is 4.79 Å². The van der Waals surface area contributed by atoms with Gasteiger partial charge in [0.2, 0.25) is 0 Å². The molecule has 1 heterocycles. The average Bonchev–Trinajstić information content (AvgIpc) is 2.75. The predicted molar refractivity (Wildman–Crippen MR) is 71.7 cm³/mol. The summed E-state index contributed by atoms with van der Waals surface area (Å²) in [5.41, 5.74) is 1.54. The molecule has 1 aliphatic heterocycles. The lowest BCUT2D eigenvalue weighted by atomic mass is 10.1. The van der Waals surface area contributed by atoms with E-state index in [9.17, 15) is 9.90 Å². The number of aliphatic hydroxyl groups excluding tert-OH is 1. The van der Waals surface area contributed by atoms with Crippen LogP contribution >= 0.6 is 0 Å². The topological polar surface area (TPSA) is 52.6 Å². The van der Waals surface area contributed by atoms with E-state index in [1.807, 2.05) is 38.1 Å². The van der Waals surface area contributed by atoms with Gasteiger partial charge in [0.25, 0.3) is 5.91 Å². The Morgan fingerprint density at radius 2 is 2.17 bits per heavy atom. The predicted octanol–water partition coefficient (Wildman–Crippen LogP) is 1.71. The summed E-state index contributed by atoms with van der Waals surface area (Å²) in [5.74, 6) is -0.00435. The van der Waals surface area contributed by atoms with Gasteiger partial charge in [-0.05, 0) is 32.4 Å². The lowest BCUT2D eigenvalue weighted by molar-refractivity contribution is 0.0766. The van der Waals surface area contributed by atoms with Crippen LogP contribution in [0.2, 0.25) is 0 Å². The van der Waals surface area contributed by atoms with E-state index in [0.717, 1.165) is 5.69 Å². The number of carbonyl (C=O) groups is 1. The number of benzene rings is 1. The first kappa shape index (κ1) is 12.9. The minimum atomic E-state index is -0.376. The van der Waals surface area contributed by atoms with E-state index in [2.05, 4.69) is 5.32 Å². The second-order valence-electron chi connectivity index (χ2n) is 5.04. The molecule has 0 bridgehead atoms. The molecule has 0 saturated carbocycles. The number of anilines is 1. The van der Waals surface area contributed by atoms with E-state index in [0.29, 0.717) is 25.1 Å². The fourth-order valence-corrected chi connectivity index (χ4v) is 2.20. The van der Waals surface area contributed by atoms with Crippen molar-refractivity contribution >= 4 is 11.6 Å². The van der Waals surface area contributed by atoms with Gasteiger partial charge in [0, 0.05) is 24.8 Å². The molecule has 1 fully saturated rings. The van der Waals surface area contributed by atoms with E-state index in [1.165, 1.54) is 0 Å². The number of β-amino-alcohol motifs (C(OH)–C–C–N with tert-alkyl or cyclic N) is 1. The maximum absolute atomic E-state index is 12.4. The van der Waals surface area contributed by atoms with Gasteiger partial charge < -0.3 is 15.3 Å². The van der Waals surface area contributed by atoms with Gasteiger partial charge in [-0.1, -0.05) is 12.1 Å². The highest BCUT2D eigenvalue weighted by Crippen LogP contribution is 2.20. The van der Waals surface area contributed by atoms with Crippen LogP contribution in [0.15, 0.2) is 24.3 Å². The van der Waals surface area contributed by atoms with Crippen molar-refractivity contribution in [3.63, 3.8) is 0 Å². The lowest BCUT2D eigenvalue weighted by Crippen LogP contribution is -2.30. The second-order valence-corrected chi connectivity index (χ2v) is 5.04. The summed E-state index contributed by atoms with van der Waals surface area (Å²) in [5, 5.41) is 12.8. The van der Waals surface area contributed by atoms with Gasteiger partial charge in [-0.15, -0.1) is 0 Å². The molecule has 1 aromatic rings. The molecule has 4 heteroatoms. The number of para-hydroxylation sites is 1. The molecule has 2 rings (SSSR count). The highest BCUT2D eigenvalue weighted by Gasteiger charge is 2.26. The van der Waals surface area contributed by atoms with Gasteiger partial charge >= 0.3 is 0 Å². The van der Waals surface area contributed by atoms with E-state index >= 15 is 0 Å². The zero-order chi connectivity index (χ0) is 13.1. The molecule has 1 saturated heterocycles. The molecular formula is C14H20N2O2. The van der Waals surface area contributed by atoms with Crippen molar-refractivity contribution in [2.45, 2.75) is 32.4 Å². The fraction of sp³-hybridized carbons (Fsp3) is 0.500. The zero-order valence-corrected chi connectivity index (χ0v) is 10.9. The van der Waals surface area contributed by atoms with Gasteiger partial charge in [0.15, 0.2) is 0 Å². The summed E-state index contributed by atoms with van der Waals surface area (Å²) >= 11 is 0. The quantitative estimate of drug-likeness (QED) is 0.856. The Bertz CT molecular complexity index is 432. The van der Waals surface area contributed by atoms with Crippen LogP contribution in [0.5, 0.6) is 0 Å². The summed E-state index contributed by atoms with van der Waals surface area (Å²) in [4.78, 5) is 14.1. The summed E-state index contributed by atoms with van der Waals surface area (Å²) in [7, 11) is 0. The molecule has 1 aliphatic rings. The highest BCUT2D eigenvalue weighted by atomic mass is 16.3. The van der Waals surface area contributed by atoms with E-state index < -0.39 is 0 Å². The number of nitrogens with one attached hydrogen (secondary N) is 1. The average molecular weight is 248 g/mol. The van der Waals surface area contributed by atoms with Crippen LogP contribution in [0.4, 0.5) is 5.69 Å². The smallest absolute Gasteiger partial charge is 0.256 e. The fourth-order valence-electron chi connectivity index (χ4n) is 2.20. The number of nitrogens with zero attached hydrogens (tertiary/aromatic N) is 1. The Labute approximate surface area is 108 Å². The van der Waals surface area contributed by atoms with Crippen LogP contribution in [0.3, 0.4) is 0 Å². The number of carbonyl (C=O) groups excluding carboxylic acids is 1. The number of aliphatic hydroxyl groups is 1. The molecule has 1 unspecified atom stereocenters. The third-order valence-electron chi connectivity index (χ3n) is 3.05. The molecule has 2 N–H and O–H groups in total. The van der Waals surface area contributed by atoms with E-state index in [4.69, 9.17) is 0 Å². The molecule has 0 radical (unpaired) electrons. The maximum atomic E-state index is 12.4. The third kappa shape index (κ3) is 2.82. The van der Waals surface area contributed by atoms with Crippen LogP contribution in [0, 0.1) is 0 Å². The molecule has 4 nitrogen and oxygen atoms in total. The zero-order valence-electron chi connectivity index (χ0n) is 10.9. The van der Waals surface area contributed by atoms with Crippen molar-refractivity contribution in [2.24, 2.45) is 0 Å². The van der Waals surface area contributed by atoms with E-state index in [-0.39, 0.29) is 18.1 Å². The number of rotatable bonds is 3. The molecular weight excluding hydrogens is 228 g/mol. The van der Waals surface area contributed by atoms with Crippen molar-refractivity contribution in [1.82, 2.24) is 4.90 Å². The summed E-state index contributed by atoms with van der Waals surface area (Å²) in [6.45, 7) is 5.16. The van der Waals surface area contributed by atoms with Gasteiger partial charge in [-0.25, -0.2) is 0 Å². The molecule has 1 atom stereocenters. The molecule has 1 amide bonds. The van der Waals surface area contributed by atoms with Crippen LogP contribution in [-0.2, 0) is 0 Å². The van der Waals surface area contributed by atoms with Crippen LogP contribution < -0.4 is 5.32 Å². The van der Waals surface area contributed by atoms with Crippen LogP contribution in [-0.4, -0.2) is 41.1 Å². The van der Waals surface area contributed by atoms with Crippen molar-refractivity contribution < 1.29 is 9.90 Å². The van der Waals surface area contributed by atoms with Gasteiger partial charge in [0.05, 0.1) is 11.7 Å². The van der Waals surface area contributed by atoms with Gasteiger partial charge in [0.1, 0.15) is 0 Å². The van der Waals surface area contributed by atoms with Crippen molar-refractivity contribution in [3.05, 3.63) is 29.8 Å². The van der Waals surface area contributed by atoms with Crippen molar-refractivity contribution in [2.75, 3.05) is 18.4 Å². The monoisotopic (exact) mass is 248 g/mol. The standard InChI is InChI=1S/C14H20N2O2/c1-10(2)15-13-6-4-3-5-12(13)14(18)16-8-7-11(17)9-16/h3-6,10-11,15,17H,7-9H2,1-2H3. The number of hydrogen-bond acceptors (Lipinski definition) is 3. The largest absolute Gasteiger partial charge is 0.391 e. The van der Waals surface area contributed by atoms with Gasteiger partial charge in [-0.2, -0.15) is 0 Å². The molecule has 0 aliphatic carbocycles. The van der Waals surface area contributed by atoms with Crippen molar-refractivity contribution in [3.8, 4) is 0 Å². The van der Waals surface area contributed by atoms with Crippen LogP contribution in [0.1, 0.15) is 30.6 Å². The molecule has 18 heavy (non-hydrogen) atoms. The Hall–Kier alpha value is -1.55. The molecule has 1 aromatic carbocycles. The molecule has 0 spiro atoms. The first-order chi connectivity index (χ1) is 8.58. The SMILES string of the molecule is CC(C)Nc1ccccc1C(=O)N1CCC(O)C1. The summed E-state index contributed by atoms with van der Waals surface area (Å²) in [6.07, 6.45) is 0.296. The summed E-state index contributed by atoms with van der Waals surface area (Å²) < 4.78 is 0. The minimum Gasteiger partial charge on any atom is -0.391 e. The first-order valence-corrected chi connectivity index (χ1v) is 6.41. The summed E-state index contributed by atoms with van der Waals surface area (Å²) in [6, 6.07) is 7.81.